The summed E-state index contributed by atoms with van der Waals surface area (Å²) in [4.78, 5) is 16.9. The van der Waals surface area contributed by atoms with Crippen LogP contribution in [0.5, 0.6) is 0 Å². The molecule has 8 heteroatoms. The highest BCUT2D eigenvalue weighted by Crippen LogP contribution is 2.31. The Morgan fingerprint density at radius 2 is 2.04 bits per heavy atom. The molecule has 1 aliphatic rings. The van der Waals surface area contributed by atoms with E-state index < -0.39 is 23.6 Å². The molecule has 4 nitrogen and oxygen atoms in total. The lowest BCUT2D eigenvalue weighted by Crippen LogP contribution is -2.35. The molecule has 134 valence electrons. The lowest BCUT2D eigenvalue weighted by atomic mass is 9.99. The number of carbonyl (C=O) groups is 1. The summed E-state index contributed by atoms with van der Waals surface area (Å²) in [6.45, 7) is 6.35. The molecule has 1 aromatic heterocycles. The molecule has 0 spiro atoms. The van der Waals surface area contributed by atoms with Crippen LogP contribution < -0.4 is 0 Å². The number of halogens is 4. The van der Waals surface area contributed by atoms with Gasteiger partial charge in [-0.05, 0) is 57.2 Å². The number of ether oxygens (including phenoxy) is 1. The third-order valence-electron chi connectivity index (χ3n) is 3.61. The van der Waals surface area contributed by atoms with Crippen molar-refractivity contribution < 1.29 is 22.7 Å². The maximum atomic E-state index is 12.8. The summed E-state index contributed by atoms with van der Waals surface area (Å²) in [6.07, 6.45) is -3.81. The molecular formula is C16H20ClF3N2O2. The molecule has 0 aromatic carbocycles. The fourth-order valence-corrected chi connectivity index (χ4v) is 2.87. The summed E-state index contributed by atoms with van der Waals surface area (Å²) < 4.78 is 43.7. The van der Waals surface area contributed by atoms with Gasteiger partial charge in [0, 0.05) is 13.1 Å². The first-order valence-corrected chi connectivity index (χ1v) is 8.03. The number of carbonyl (C=O) groups excluding carboxylic acids is 1. The minimum atomic E-state index is -4.53. The van der Waals surface area contributed by atoms with Gasteiger partial charge in [-0.25, -0.2) is 9.78 Å². The number of nitrogens with zero attached hydrogens (tertiary/aromatic N) is 2. The van der Waals surface area contributed by atoms with Gasteiger partial charge in [0.15, 0.2) is 0 Å². The Morgan fingerprint density at radius 1 is 1.38 bits per heavy atom. The fourth-order valence-electron chi connectivity index (χ4n) is 2.64. The zero-order valence-corrected chi connectivity index (χ0v) is 14.5. The predicted octanol–water partition coefficient (Wildman–Crippen LogP) is 4.55. The number of alkyl halides is 3. The van der Waals surface area contributed by atoms with Crippen LogP contribution in [0, 0.1) is 5.92 Å². The molecule has 1 atom stereocenters. The van der Waals surface area contributed by atoms with E-state index in [0.29, 0.717) is 31.5 Å². The Morgan fingerprint density at radius 3 is 2.62 bits per heavy atom. The molecular weight excluding hydrogens is 345 g/mol. The van der Waals surface area contributed by atoms with Gasteiger partial charge in [0.2, 0.25) is 0 Å². The van der Waals surface area contributed by atoms with Gasteiger partial charge >= 0.3 is 12.3 Å². The highest BCUT2D eigenvalue weighted by atomic mass is 35.5. The smallest absolute Gasteiger partial charge is 0.433 e. The number of rotatable bonds is 2. The third kappa shape index (κ3) is 5.26. The van der Waals surface area contributed by atoms with Crippen molar-refractivity contribution >= 4 is 17.7 Å². The number of pyridine rings is 1. The Labute approximate surface area is 143 Å². The summed E-state index contributed by atoms with van der Waals surface area (Å²) >= 11 is 5.70. The summed E-state index contributed by atoms with van der Waals surface area (Å²) in [7, 11) is 0. The van der Waals surface area contributed by atoms with Crippen LogP contribution in [-0.2, 0) is 17.3 Å². The molecule has 0 N–H and O–H groups in total. The van der Waals surface area contributed by atoms with E-state index in [9.17, 15) is 18.0 Å². The monoisotopic (exact) mass is 364 g/mol. The normalized spacial score (nSPS) is 18.8. The standard InChI is InChI=1S/C16H20ClF3N2O2/c1-15(2,3)24-14(23)22-5-4-10(9-22)6-11-7-12(16(18,19)20)21-13(17)8-11/h7-8,10H,4-6,9H2,1-3H3/t10-/m1/s1. The van der Waals surface area contributed by atoms with Crippen LogP contribution in [0.25, 0.3) is 0 Å². The number of likely N-dealkylation sites (tertiary alicyclic amines) is 1. The Balaban J connectivity index is 2.01. The summed E-state index contributed by atoms with van der Waals surface area (Å²) in [6, 6.07) is 2.45. The van der Waals surface area contributed by atoms with Crippen LogP contribution in [0.3, 0.4) is 0 Å². The van der Waals surface area contributed by atoms with E-state index in [0.717, 1.165) is 6.07 Å². The molecule has 2 rings (SSSR count). The molecule has 0 bridgehead atoms. The molecule has 1 amide bonds. The van der Waals surface area contributed by atoms with Crippen molar-refractivity contribution in [2.24, 2.45) is 5.92 Å². The topological polar surface area (TPSA) is 42.4 Å². The number of hydrogen-bond donors (Lipinski definition) is 0. The van der Waals surface area contributed by atoms with E-state index in [1.165, 1.54) is 6.07 Å². The van der Waals surface area contributed by atoms with Crippen LogP contribution in [0.4, 0.5) is 18.0 Å². The number of aromatic nitrogens is 1. The van der Waals surface area contributed by atoms with Gasteiger partial charge in [-0.15, -0.1) is 0 Å². The van der Waals surface area contributed by atoms with Crippen LogP contribution in [0.2, 0.25) is 5.15 Å². The van der Waals surface area contributed by atoms with Crippen LogP contribution in [0.1, 0.15) is 38.4 Å². The van der Waals surface area contributed by atoms with Crippen molar-refractivity contribution in [3.8, 4) is 0 Å². The van der Waals surface area contributed by atoms with Crippen molar-refractivity contribution in [1.29, 1.82) is 0 Å². The summed E-state index contributed by atoms with van der Waals surface area (Å²) in [5, 5.41) is -0.179. The Hall–Kier alpha value is -1.50. The highest BCUT2D eigenvalue weighted by Gasteiger charge is 2.34. The van der Waals surface area contributed by atoms with E-state index >= 15 is 0 Å². The van der Waals surface area contributed by atoms with E-state index in [1.807, 2.05) is 0 Å². The highest BCUT2D eigenvalue weighted by molar-refractivity contribution is 6.29. The molecule has 1 saturated heterocycles. The summed E-state index contributed by atoms with van der Waals surface area (Å²) in [5.74, 6) is 0.0667. The zero-order chi connectivity index (χ0) is 18.1. The quantitative estimate of drug-likeness (QED) is 0.723. The van der Waals surface area contributed by atoms with Gasteiger partial charge in [-0.1, -0.05) is 11.6 Å². The molecule has 0 radical (unpaired) electrons. The van der Waals surface area contributed by atoms with Crippen molar-refractivity contribution in [3.63, 3.8) is 0 Å². The Bertz CT molecular complexity index is 614. The summed E-state index contributed by atoms with van der Waals surface area (Å²) in [5.41, 5.74) is -1.10. The zero-order valence-electron chi connectivity index (χ0n) is 13.8. The molecule has 0 unspecified atom stereocenters. The number of amides is 1. The third-order valence-corrected chi connectivity index (χ3v) is 3.80. The molecule has 2 heterocycles. The second-order valence-electron chi connectivity index (χ2n) is 6.97. The van der Waals surface area contributed by atoms with Crippen molar-refractivity contribution in [1.82, 2.24) is 9.88 Å². The maximum absolute atomic E-state index is 12.8. The van der Waals surface area contributed by atoms with Gasteiger partial charge in [0.25, 0.3) is 0 Å². The van der Waals surface area contributed by atoms with Crippen molar-refractivity contribution in [3.05, 3.63) is 28.5 Å². The van der Waals surface area contributed by atoms with Crippen LogP contribution >= 0.6 is 11.6 Å². The first-order chi connectivity index (χ1) is 10.9. The first kappa shape index (κ1) is 18.8. The van der Waals surface area contributed by atoms with E-state index in [-0.39, 0.29) is 11.1 Å². The molecule has 24 heavy (non-hydrogen) atoms. The number of hydrogen-bond acceptors (Lipinski definition) is 3. The lowest BCUT2D eigenvalue weighted by Gasteiger charge is -2.24. The Kier molecular flexibility index (Phi) is 5.32. The molecule has 0 saturated carbocycles. The van der Waals surface area contributed by atoms with Crippen LogP contribution in [-0.4, -0.2) is 34.7 Å². The fraction of sp³-hybridized carbons (Fsp3) is 0.625. The van der Waals surface area contributed by atoms with Gasteiger partial charge in [-0.3, -0.25) is 0 Å². The average molecular weight is 365 g/mol. The molecule has 1 aliphatic heterocycles. The minimum absolute atomic E-state index is 0.0667. The van der Waals surface area contributed by atoms with Crippen molar-refractivity contribution in [2.45, 2.75) is 45.4 Å². The van der Waals surface area contributed by atoms with Gasteiger partial charge in [-0.2, -0.15) is 13.2 Å². The minimum Gasteiger partial charge on any atom is -0.444 e. The molecule has 1 fully saturated rings. The van der Waals surface area contributed by atoms with E-state index in [4.69, 9.17) is 16.3 Å². The first-order valence-electron chi connectivity index (χ1n) is 7.65. The average Bonchev–Trinajstić information content (AvgIpc) is 2.83. The molecule has 0 aliphatic carbocycles. The van der Waals surface area contributed by atoms with Crippen molar-refractivity contribution in [2.75, 3.05) is 13.1 Å². The SMILES string of the molecule is CC(C)(C)OC(=O)N1CC[C@H](Cc2cc(Cl)nc(C(F)(F)F)c2)C1. The van der Waals surface area contributed by atoms with Gasteiger partial charge < -0.3 is 9.64 Å². The van der Waals surface area contributed by atoms with E-state index in [1.54, 1.807) is 25.7 Å². The second kappa shape index (κ2) is 6.78. The predicted molar refractivity (Wildman–Crippen MR) is 83.9 cm³/mol. The molecule has 1 aromatic rings. The van der Waals surface area contributed by atoms with Crippen LogP contribution in [0.15, 0.2) is 12.1 Å². The lowest BCUT2D eigenvalue weighted by molar-refractivity contribution is -0.141. The van der Waals surface area contributed by atoms with Gasteiger partial charge in [0.05, 0.1) is 0 Å². The largest absolute Gasteiger partial charge is 0.444 e. The maximum Gasteiger partial charge on any atom is 0.433 e. The van der Waals surface area contributed by atoms with Gasteiger partial charge in [0.1, 0.15) is 16.4 Å². The van der Waals surface area contributed by atoms with E-state index in [2.05, 4.69) is 4.98 Å². The second-order valence-corrected chi connectivity index (χ2v) is 7.35.